The summed E-state index contributed by atoms with van der Waals surface area (Å²) in [6.45, 7) is 0.393. The summed E-state index contributed by atoms with van der Waals surface area (Å²) in [4.78, 5) is 33.6. The average molecular weight is 254 g/mol. The molecule has 0 aromatic carbocycles. The fraction of sp³-hybridized carbons (Fsp3) is 0.750. The molecule has 3 N–H and O–H groups in total. The van der Waals surface area contributed by atoms with Gasteiger partial charge in [0.1, 0.15) is 6.04 Å². The Kier molecular flexibility index (Phi) is 3.54. The molecule has 0 spiro atoms. The number of carboxylic acids is 1. The molecule has 0 bridgehead atoms. The molecule has 6 nitrogen and oxygen atoms in total. The molecule has 0 radical (unpaired) electrons. The van der Waals surface area contributed by atoms with Crippen LogP contribution in [-0.2, 0) is 14.4 Å². The third kappa shape index (κ3) is 2.80. The molecule has 18 heavy (non-hydrogen) atoms. The Labute approximate surface area is 105 Å². The van der Waals surface area contributed by atoms with Gasteiger partial charge in [-0.2, -0.15) is 0 Å². The van der Waals surface area contributed by atoms with E-state index >= 15 is 0 Å². The van der Waals surface area contributed by atoms with Gasteiger partial charge in [0.15, 0.2) is 0 Å². The minimum absolute atomic E-state index is 0.0981. The largest absolute Gasteiger partial charge is 0.481 e. The lowest BCUT2D eigenvalue weighted by atomic mass is 9.66. The van der Waals surface area contributed by atoms with Crippen LogP contribution >= 0.6 is 0 Å². The van der Waals surface area contributed by atoms with Gasteiger partial charge >= 0.3 is 5.97 Å². The molecule has 2 rings (SSSR count). The maximum Gasteiger partial charge on any atom is 0.303 e. The lowest BCUT2D eigenvalue weighted by Gasteiger charge is -2.41. The molecule has 2 fully saturated rings. The summed E-state index contributed by atoms with van der Waals surface area (Å²) >= 11 is 0. The Hall–Kier alpha value is -1.59. The summed E-state index contributed by atoms with van der Waals surface area (Å²) in [7, 11) is 0. The van der Waals surface area contributed by atoms with Crippen LogP contribution in [0.15, 0.2) is 0 Å². The van der Waals surface area contributed by atoms with Crippen molar-refractivity contribution in [3.8, 4) is 0 Å². The van der Waals surface area contributed by atoms with Crippen molar-refractivity contribution in [1.29, 1.82) is 0 Å². The number of amides is 2. The SMILES string of the molecule is O=C(O)CC1(CNC(=O)[C@H]2CCC(=O)N2)CCC1. The van der Waals surface area contributed by atoms with E-state index < -0.39 is 12.0 Å². The Morgan fingerprint density at radius 2 is 2.17 bits per heavy atom. The minimum atomic E-state index is -0.821. The van der Waals surface area contributed by atoms with Gasteiger partial charge in [-0.1, -0.05) is 6.42 Å². The first-order chi connectivity index (χ1) is 8.51. The Balaban J connectivity index is 1.81. The van der Waals surface area contributed by atoms with Crippen molar-refractivity contribution < 1.29 is 19.5 Å². The second-order valence-corrected chi connectivity index (χ2v) is 5.30. The maximum absolute atomic E-state index is 11.8. The van der Waals surface area contributed by atoms with E-state index in [9.17, 15) is 14.4 Å². The quantitative estimate of drug-likeness (QED) is 0.644. The molecule has 2 aliphatic rings. The highest BCUT2D eigenvalue weighted by Gasteiger charge is 2.40. The van der Waals surface area contributed by atoms with Crippen molar-refractivity contribution in [3.05, 3.63) is 0 Å². The second kappa shape index (κ2) is 4.96. The monoisotopic (exact) mass is 254 g/mol. The van der Waals surface area contributed by atoms with E-state index in [2.05, 4.69) is 10.6 Å². The highest BCUT2D eigenvalue weighted by Crippen LogP contribution is 2.43. The van der Waals surface area contributed by atoms with Crippen LogP contribution in [0.2, 0.25) is 0 Å². The van der Waals surface area contributed by atoms with E-state index in [-0.39, 0.29) is 23.7 Å². The average Bonchev–Trinajstić information content (AvgIpc) is 2.68. The van der Waals surface area contributed by atoms with Crippen LogP contribution < -0.4 is 10.6 Å². The third-order valence-electron chi connectivity index (χ3n) is 3.89. The number of hydrogen-bond donors (Lipinski definition) is 3. The molecule has 6 heteroatoms. The first kappa shape index (κ1) is 12.9. The summed E-state index contributed by atoms with van der Waals surface area (Å²) in [5.74, 6) is -1.12. The van der Waals surface area contributed by atoms with Gasteiger partial charge in [-0.25, -0.2) is 0 Å². The van der Waals surface area contributed by atoms with E-state index in [1.807, 2.05) is 0 Å². The van der Waals surface area contributed by atoms with Crippen LogP contribution in [-0.4, -0.2) is 35.5 Å². The Bertz CT molecular complexity index is 376. The Morgan fingerprint density at radius 1 is 1.44 bits per heavy atom. The smallest absolute Gasteiger partial charge is 0.303 e. The van der Waals surface area contributed by atoms with Crippen molar-refractivity contribution in [1.82, 2.24) is 10.6 Å². The zero-order valence-corrected chi connectivity index (χ0v) is 10.2. The molecule has 2 amide bonds. The van der Waals surface area contributed by atoms with E-state index in [4.69, 9.17) is 5.11 Å². The van der Waals surface area contributed by atoms with Crippen LogP contribution in [0.5, 0.6) is 0 Å². The van der Waals surface area contributed by atoms with Gasteiger partial charge in [0.05, 0.1) is 6.42 Å². The van der Waals surface area contributed by atoms with Gasteiger partial charge in [-0.05, 0) is 24.7 Å². The number of carbonyl (C=O) groups is 3. The zero-order chi connectivity index (χ0) is 13.2. The highest BCUT2D eigenvalue weighted by molar-refractivity contribution is 5.90. The molecule has 0 aromatic heterocycles. The van der Waals surface area contributed by atoms with E-state index in [1.165, 1.54) is 0 Å². The normalized spacial score (nSPS) is 25.1. The fourth-order valence-electron chi connectivity index (χ4n) is 2.62. The molecule has 0 aromatic rings. The molecular weight excluding hydrogens is 236 g/mol. The summed E-state index contributed by atoms with van der Waals surface area (Å²) in [5.41, 5.74) is -0.274. The molecular formula is C12H18N2O4. The Morgan fingerprint density at radius 3 is 2.61 bits per heavy atom. The molecule has 1 atom stereocenters. The highest BCUT2D eigenvalue weighted by atomic mass is 16.4. The van der Waals surface area contributed by atoms with Gasteiger partial charge in [-0.15, -0.1) is 0 Å². The van der Waals surface area contributed by atoms with Gasteiger partial charge in [0.2, 0.25) is 11.8 Å². The molecule has 100 valence electrons. The van der Waals surface area contributed by atoms with Crippen LogP contribution in [0.1, 0.15) is 38.5 Å². The lowest BCUT2D eigenvalue weighted by molar-refractivity contribution is -0.142. The molecule has 0 unspecified atom stereocenters. The molecule has 1 heterocycles. The standard InChI is InChI=1S/C12H18N2O4/c15-9-3-2-8(14-9)11(18)13-7-12(4-1-5-12)6-10(16)17/h8H,1-7H2,(H,13,18)(H,14,15)(H,16,17)/t8-/m1/s1. The van der Waals surface area contributed by atoms with Crippen LogP contribution in [0, 0.1) is 5.41 Å². The molecule has 1 saturated heterocycles. The third-order valence-corrected chi connectivity index (χ3v) is 3.89. The summed E-state index contributed by atoms with van der Waals surface area (Å²) in [6, 6.07) is -0.445. The number of nitrogens with one attached hydrogen (secondary N) is 2. The maximum atomic E-state index is 11.8. The van der Waals surface area contributed by atoms with Crippen molar-refractivity contribution in [2.45, 2.75) is 44.6 Å². The summed E-state index contributed by atoms with van der Waals surface area (Å²) in [6.07, 6.45) is 3.72. The van der Waals surface area contributed by atoms with Crippen molar-refractivity contribution >= 4 is 17.8 Å². The summed E-state index contributed by atoms with van der Waals surface area (Å²) in [5, 5.41) is 14.2. The van der Waals surface area contributed by atoms with E-state index in [1.54, 1.807) is 0 Å². The number of rotatable bonds is 5. The first-order valence-corrected chi connectivity index (χ1v) is 6.30. The van der Waals surface area contributed by atoms with Gasteiger partial charge in [-0.3, -0.25) is 14.4 Å². The van der Waals surface area contributed by atoms with Crippen molar-refractivity contribution in [2.24, 2.45) is 5.41 Å². The predicted molar refractivity (Wildman–Crippen MR) is 62.7 cm³/mol. The molecule has 1 aliphatic heterocycles. The van der Waals surface area contributed by atoms with E-state index in [0.29, 0.717) is 19.4 Å². The van der Waals surface area contributed by atoms with Gasteiger partial charge in [0.25, 0.3) is 0 Å². The first-order valence-electron chi connectivity index (χ1n) is 6.30. The molecule has 1 saturated carbocycles. The predicted octanol–water partition coefficient (Wildman–Crippen LogP) is 0.0262. The number of hydrogen-bond acceptors (Lipinski definition) is 3. The lowest BCUT2D eigenvalue weighted by Crippen LogP contribution is -2.48. The molecule has 1 aliphatic carbocycles. The van der Waals surface area contributed by atoms with Crippen LogP contribution in [0.25, 0.3) is 0 Å². The van der Waals surface area contributed by atoms with Crippen LogP contribution in [0.4, 0.5) is 0 Å². The van der Waals surface area contributed by atoms with Crippen LogP contribution in [0.3, 0.4) is 0 Å². The zero-order valence-electron chi connectivity index (χ0n) is 10.2. The second-order valence-electron chi connectivity index (χ2n) is 5.30. The van der Waals surface area contributed by atoms with Crippen molar-refractivity contribution in [2.75, 3.05) is 6.54 Å². The number of carboxylic acid groups (broad SMARTS) is 1. The fourth-order valence-corrected chi connectivity index (χ4v) is 2.62. The van der Waals surface area contributed by atoms with E-state index in [0.717, 1.165) is 19.3 Å². The number of carbonyl (C=O) groups excluding carboxylic acids is 2. The minimum Gasteiger partial charge on any atom is -0.481 e. The van der Waals surface area contributed by atoms with Crippen molar-refractivity contribution in [3.63, 3.8) is 0 Å². The topological polar surface area (TPSA) is 95.5 Å². The number of aliphatic carboxylic acids is 1. The summed E-state index contributed by atoms with van der Waals surface area (Å²) < 4.78 is 0. The van der Waals surface area contributed by atoms with Gasteiger partial charge < -0.3 is 15.7 Å². The van der Waals surface area contributed by atoms with Gasteiger partial charge in [0, 0.05) is 13.0 Å².